The van der Waals surface area contributed by atoms with Crippen LogP contribution in [0.1, 0.15) is 37.6 Å². The summed E-state index contributed by atoms with van der Waals surface area (Å²) in [5.74, 6) is -1.19. The maximum Gasteiger partial charge on any atom is 0.131 e. The highest BCUT2D eigenvalue weighted by Crippen LogP contribution is 2.31. The summed E-state index contributed by atoms with van der Waals surface area (Å²) in [6, 6.07) is 3.18. The van der Waals surface area contributed by atoms with E-state index in [0.717, 1.165) is 6.42 Å². The van der Waals surface area contributed by atoms with Crippen molar-refractivity contribution in [3.05, 3.63) is 52.3 Å². The van der Waals surface area contributed by atoms with Gasteiger partial charge in [-0.25, -0.2) is 8.78 Å². The van der Waals surface area contributed by atoms with Gasteiger partial charge in [-0.3, -0.25) is 4.68 Å². The van der Waals surface area contributed by atoms with E-state index >= 15 is 0 Å². The fraction of sp³-hybridized carbons (Fsp3) is 0.400. The van der Waals surface area contributed by atoms with Gasteiger partial charge in [-0.15, -0.1) is 0 Å². The Morgan fingerprint density at radius 3 is 2.52 bits per heavy atom. The van der Waals surface area contributed by atoms with Gasteiger partial charge in [0.15, 0.2) is 0 Å². The molecule has 0 aliphatic heterocycles. The van der Waals surface area contributed by atoms with Gasteiger partial charge in [0.2, 0.25) is 0 Å². The lowest BCUT2D eigenvalue weighted by Crippen LogP contribution is -2.27. The van der Waals surface area contributed by atoms with Crippen LogP contribution in [-0.4, -0.2) is 16.3 Å². The van der Waals surface area contributed by atoms with Crippen LogP contribution in [0.15, 0.2) is 24.4 Å². The molecule has 0 amide bonds. The SMILES string of the molecule is CCCNC(c1c(F)cccc1F)c1c(Cl)cnn1CC. The van der Waals surface area contributed by atoms with E-state index in [9.17, 15) is 8.78 Å². The summed E-state index contributed by atoms with van der Waals surface area (Å²) in [6.07, 6.45) is 2.34. The number of benzene rings is 1. The molecule has 1 heterocycles. The summed E-state index contributed by atoms with van der Waals surface area (Å²) in [5, 5.41) is 7.70. The van der Waals surface area contributed by atoms with Gasteiger partial charge >= 0.3 is 0 Å². The quantitative estimate of drug-likeness (QED) is 0.876. The van der Waals surface area contributed by atoms with Crippen LogP contribution in [0, 0.1) is 11.6 Å². The van der Waals surface area contributed by atoms with Crippen molar-refractivity contribution < 1.29 is 8.78 Å². The minimum atomic E-state index is -0.666. The Labute approximate surface area is 127 Å². The molecular formula is C15H18ClF2N3. The minimum absolute atomic E-state index is 0.0250. The predicted molar refractivity (Wildman–Crippen MR) is 79.4 cm³/mol. The van der Waals surface area contributed by atoms with Crippen LogP contribution >= 0.6 is 11.6 Å². The highest BCUT2D eigenvalue weighted by atomic mass is 35.5. The van der Waals surface area contributed by atoms with Crippen LogP contribution in [0.2, 0.25) is 5.02 Å². The topological polar surface area (TPSA) is 29.9 Å². The molecule has 1 aromatic carbocycles. The maximum atomic E-state index is 14.1. The summed E-state index contributed by atoms with van der Waals surface area (Å²) in [7, 11) is 0. The lowest BCUT2D eigenvalue weighted by molar-refractivity contribution is 0.476. The van der Waals surface area contributed by atoms with Crippen LogP contribution in [0.5, 0.6) is 0 Å². The highest BCUT2D eigenvalue weighted by Gasteiger charge is 2.26. The molecule has 0 fully saturated rings. The average molecular weight is 314 g/mol. The Bertz CT molecular complexity index is 593. The van der Waals surface area contributed by atoms with Gasteiger partial charge < -0.3 is 5.32 Å². The average Bonchev–Trinajstić information content (AvgIpc) is 2.83. The Balaban J connectivity index is 2.55. The lowest BCUT2D eigenvalue weighted by atomic mass is 10.0. The zero-order chi connectivity index (χ0) is 15.4. The Kier molecular flexibility index (Phi) is 5.31. The maximum absolute atomic E-state index is 14.1. The zero-order valence-electron chi connectivity index (χ0n) is 12.0. The van der Waals surface area contributed by atoms with Crippen LogP contribution in [0.25, 0.3) is 0 Å². The molecule has 1 unspecified atom stereocenters. The molecule has 114 valence electrons. The van der Waals surface area contributed by atoms with Crippen molar-refractivity contribution in [2.75, 3.05) is 6.54 Å². The van der Waals surface area contributed by atoms with Crippen molar-refractivity contribution >= 4 is 11.6 Å². The number of halogens is 3. The third kappa shape index (κ3) is 3.24. The van der Waals surface area contributed by atoms with E-state index in [0.29, 0.717) is 23.8 Å². The second kappa shape index (κ2) is 7.00. The van der Waals surface area contributed by atoms with Gasteiger partial charge in [-0.05, 0) is 32.0 Å². The number of nitrogens with one attached hydrogen (secondary N) is 1. The number of hydrogen-bond donors (Lipinski definition) is 1. The van der Waals surface area contributed by atoms with Crippen molar-refractivity contribution in [2.45, 2.75) is 32.9 Å². The van der Waals surface area contributed by atoms with E-state index in [-0.39, 0.29) is 5.56 Å². The molecule has 21 heavy (non-hydrogen) atoms. The molecule has 2 aromatic rings. The Morgan fingerprint density at radius 1 is 1.29 bits per heavy atom. The number of hydrogen-bond acceptors (Lipinski definition) is 2. The van der Waals surface area contributed by atoms with E-state index in [4.69, 9.17) is 11.6 Å². The van der Waals surface area contributed by atoms with Gasteiger partial charge in [-0.2, -0.15) is 5.10 Å². The molecular weight excluding hydrogens is 296 g/mol. The fourth-order valence-electron chi connectivity index (χ4n) is 2.32. The first-order valence-corrected chi connectivity index (χ1v) is 7.36. The second-order valence-corrected chi connectivity index (χ2v) is 5.12. The van der Waals surface area contributed by atoms with E-state index in [2.05, 4.69) is 10.4 Å². The smallest absolute Gasteiger partial charge is 0.131 e. The molecule has 0 aliphatic rings. The summed E-state index contributed by atoms with van der Waals surface area (Å²) >= 11 is 6.18. The largest absolute Gasteiger partial charge is 0.305 e. The zero-order valence-corrected chi connectivity index (χ0v) is 12.8. The molecule has 0 bridgehead atoms. The van der Waals surface area contributed by atoms with E-state index in [1.54, 1.807) is 4.68 Å². The summed E-state index contributed by atoms with van der Waals surface area (Å²) in [4.78, 5) is 0. The summed E-state index contributed by atoms with van der Waals surface area (Å²) in [5.41, 5.74) is 0.555. The van der Waals surface area contributed by atoms with Crippen LogP contribution < -0.4 is 5.32 Å². The van der Waals surface area contributed by atoms with E-state index in [1.165, 1.54) is 24.4 Å². The molecule has 1 aromatic heterocycles. The summed E-state index contributed by atoms with van der Waals surface area (Å²) in [6.45, 7) is 5.08. The third-order valence-electron chi connectivity index (χ3n) is 3.29. The van der Waals surface area contributed by atoms with E-state index in [1.807, 2.05) is 13.8 Å². The molecule has 2 rings (SSSR count). The van der Waals surface area contributed by atoms with Gasteiger partial charge in [0.05, 0.1) is 23.0 Å². The fourth-order valence-corrected chi connectivity index (χ4v) is 2.57. The molecule has 0 saturated carbocycles. The minimum Gasteiger partial charge on any atom is -0.305 e. The predicted octanol–water partition coefficient (Wildman–Crippen LogP) is 3.92. The van der Waals surface area contributed by atoms with Crippen molar-refractivity contribution in [1.29, 1.82) is 0 Å². The normalized spacial score (nSPS) is 12.6. The number of aromatic nitrogens is 2. The van der Waals surface area contributed by atoms with Crippen LogP contribution in [0.4, 0.5) is 8.78 Å². The molecule has 3 nitrogen and oxygen atoms in total. The lowest BCUT2D eigenvalue weighted by Gasteiger charge is -2.21. The first-order chi connectivity index (χ1) is 10.1. The van der Waals surface area contributed by atoms with Gasteiger partial charge in [-0.1, -0.05) is 24.6 Å². The molecule has 0 radical (unpaired) electrons. The molecule has 0 aliphatic carbocycles. The van der Waals surface area contributed by atoms with Crippen molar-refractivity contribution in [2.24, 2.45) is 0 Å². The Hall–Kier alpha value is -1.46. The first kappa shape index (κ1) is 15.9. The van der Waals surface area contributed by atoms with Gasteiger partial charge in [0, 0.05) is 12.1 Å². The Morgan fingerprint density at radius 2 is 1.95 bits per heavy atom. The van der Waals surface area contributed by atoms with Gasteiger partial charge in [0.1, 0.15) is 11.6 Å². The molecule has 0 spiro atoms. The van der Waals surface area contributed by atoms with Crippen LogP contribution in [0.3, 0.4) is 0 Å². The van der Waals surface area contributed by atoms with Gasteiger partial charge in [0.25, 0.3) is 0 Å². The number of rotatable bonds is 6. The standard InChI is InChI=1S/C15H18ClF2N3/c1-3-8-19-14(13-11(17)6-5-7-12(13)18)15-10(16)9-20-21(15)4-2/h5-7,9,14,19H,3-4,8H2,1-2H3. The van der Waals surface area contributed by atoms with E-state index < -0.39 is 17.7 Å². The second-order valence-electron chi connectivity index (χ2n) is 4.72. The molecule has 1 atom stereocenters. The first-order valence-electron chi connectivity index (χ1n) is 6.98. The van der Waals surface area contributed by atoms with Crippen molar-refractivity contribution in [1.82, 2.24) is 15.1 Å². The summed E-state index contributed by atoms with van der Waals surface area (Å²) < 4.78 is 29.9. The third-order valence-corrected chi connectivity index (χ3v) is 3.58. The van der Waals surface area contributed by atoms with Crippen molar-refractivity contribution in [3.63, 3.8) is 0 Å². The van der Waals surface area contributed by atoms with Crippen molar-refractivity contribution in [3.8, 4) is 0 Å². The van der Waals surface area contributed by atoms with Crippen LogP contribution in [-0.2, 0) is 6.54 Å². The molecule has 0 saturated heterocycles. The molecule has 1 N–H and O–H groups in total. The number of nitrogens with zero attached hydrogens (tertiary/aromatic N) is 2. The molecule has 6 heteroatoms. The highest BCUT2D eigenvalue weighted by molar-refractivity contribution is 6.31. The number of aryl methyl sites for hydroxylation is 1. The monoisotopic (exact) mass is 313 g/mol.